The number of rotatable bonds is 12. The Morgan fingerprint density at radius 3 is 2.32 bits per heavy atom. The minimum atomic E-state index is -0.974. The average Bonchev–Trinajstić information content (AvgIpc) is 3.04. The molecular weight excluding hydrogens is 364 g/mol. The molecule has 3 N–H and O–H groups in total. The lowest BCUT2D eigenvalue weighted by molar-refractivity contribution is -0.145. The van der Waals surface area contributed by atoms with Crippen molar-refractivity contribution in [1.29, 1.82) is 0 Å². The molecule has 4 atom stereocenters. The summed E-state index contributed by atoms with van der Waals surface area (Å²) in [6.07, 6.45) is 2.20. The highest BCUT2D eigenvalue weighted by atomic mass is 16.6. The van der Waals surface area contributed by atoms with Gasteiger partial charge in [0.25, 0.3) is 0 Å². The third-order valence-corrected chi connectivity index (χ3v) is 5.44. The van der Waals surface area contributed by atoms with Crippen molar-refractivity contribution in [3.8, 4) is 0 Å². The third kappa shape index (κ3) is 7.30. The van der Waals surface area contributed by atoms with Gasteiger partial charge in [-0.1, -0.05) is 33.6 Å². The van der Waals surface area contributed by atoms with E-state index in [9.17, 15) is 19.5 Å². The fraction of sp³-hybridized carbons (Fsp3) is 0.850. The van der Waals surface area contributed by atoms with E-state index in [1.165, 1.54) is 6.92 Å². The van der Waals surface area contributed by atoms with Crippen LogP contribution in [0.25, 0.3) is 0 Å². The molecule has 0 spiro atoms. The van der Waals surface area contributed by atoms with E-state index in [0.717, 1.165) is 19.3 Å². The van der Waals surface area contributed by atoms with Gasteiger partial charge in [-0.15, -0.1) is 0 Å². The van der Waals surface area contributed by atoms with Crippen molar-refractivity contribution in [2.75, 3.05) is 19.8 Å². The molecule has 1 aliphatic rings. The number of aliphatic carboxylic acids is 1. The van der Waals surface area contributed by atoms with Gasteiger partial charge >= 0.3 is 12.1 Å². The molecule has 1 saturated carbocycles. The number of nitrogens with one attached hydrogen (secondary N) is 2. The summed E-state index contributed by atoms with van der Waals surface area (Å²) < 4.78 is 10.9. The Bertz CT molecular complexity index is 509. The van der Waals surface area contributed by atoms with Gasteiger partial charge in [-0.2, -0.15) is 0 Å². The summed E-state index contributed by atoms with van der Waals surface area (Å²) in [6.45, 7) is 8.85. The summed E-state index contributed by atoms with van der Waals surface area (Å²) in [5, 5.41) is 15.2. The largest absolute Gasteiger partial charge is 0.481 e. The molecule has 2 amide bonds. The topological polar surface area (TPSA) is 114 Å². The molecule has 0 aromatic carbocycles. The summed E-state index contributed by atoms with van der Waals surface area (Å²) >= 11 is 0. The first-order chi connectivity index (χ1) is 13.3. The summed E-state index contributed by atoms with van der Waals surface area (Å²) in [6, 6.07) is -0.220. The highest BCUT2D eigenvalue weighted by molar-refractivity contribution is 5.74. The quantitative estimate of drug-likeness (QED) is 0.434. The highest BCUT2D eigenvalue weighted by Gasteiger charge is 2.47. The zero-order valence-corrected chi connectivity index (χ0v) is 17.5. The smallest absolute Gasteiger partial charge is 0.407 e. The fourth-order valence-corrected chi connectivity index (χ4v) is 4.06. The van der Waals surface area contributed by atoms with Crippen LogP contribution in [0.1, 0.15) is 59.8 Å². The summed E-state index contributed by atoms with van der Waals surface area (Å²) in [5.74, 6) is -1.93. The van der Waals surface area contributed by atoms with Gasteiger partial charge in [-0.25, -0.2) is 4.79 Å². The van der Waals surface area contributed by atoms with Crippen LogP contribution in [0.15, 0.2) is 0 Å². The van der Waals surface area contributed by atoms with Crippen LogP contribution in [0.4, 0.5) is 4.79 Å². The maximum Gasteiger partial charge on any atom is 0.407 e. The minimum absolute atomic E-state index is 0.160. The number of carbonyl (C=O) groups is 3. The molecule has 0 bridgehead atoms. The molecule has 28 heavy (non-hydrogen) atoms. The van der Waals surface area contributed by atoms with Crippen molar-refractivity contribution in [2.45, 2.75) is 71.9 Å². The van der Waals surface area contributed by atoms with Gasteiger partial charge in [0.1, 0.15) is 6.10 Å². The Morgan fingerprint density at radius 1 is 1.11 bits per heavy atom. The second kappa shape index (κ2) is 12.6. The van der Waals surface area contributed by atoms with Crippen LogP contribution in [-0.2, 0) is 19.1 Å². The van der Waals surface area contributed by atoms with E-state index in [-0.39, 0.29) is 23.8 Å². The lowest BCUT2D eigenvalue weighted by Crippen LogP contribution is -2.49. The molecule has 1 fully saturated rings. The van der Waals surface area contributed by atoms with Crippen LogP contribution in [0.2, 0.25) is 0 Å². The standard InChI is InChI=1S/C20H36N2O6/c1-5-11-27-12-10-21-20(26)28-18-15(8-9-16(18)19(24)25)17(22-13(4)23)14(6-2)7-3/h14-18H,5-12H2,1-4H3,(H,21,26)(H,22,23)(H,24,25)/t15-,16+,17-,18+/m1/s1. The molecule has 162 valence electrons. The first kappa shape index (κ1) is 24.2. The fourth-order valence-electron chi connectivity index (χ4n) is 4.06. The van der Waals surface area contributed by atoms with Gasteiger partial charge in [0.05, 0.1) is 12.5 Å². The lowest BCUT2D eigenvalue weighted by Gasteiger charge is -2.35. The van der Waals surface area contributed by atoms with E-state index in [1.54, 1.807) is 0 Å². The van der Waals surface area contributed by atoms with Crippen molar-refractivity contribution < 1.29 is 29.0 Å². The van der Waals surface area contributed by atoms with Crippen LogP contribution in [-0.4, -0.2) is 55.0 Å². The number of carboxylic acids is 1. The van der Waals surface area contributed by atoms with Crippen LogP contribution in [0.3, 0.4) is 0 Å². The van der Waals surface area contributed by atoms with E-state index < -0.39 is 24.1 Å². The normalized spacial score (nSPS) is 22.7. The highest BCUT2D eigenvalue weighted by Crippen LogP contribution is 2.39. The molecular formula is C20H36N2O6. The van der Waals surface area contributed by atoms with Crippen LogP contribution in [0, 0.1) is 17.8 Å². The average molecular weight is 401 g/mol. The van der Waals surface area contributed by atoms with Crippen molar-refractivity contribution >= 4 is 18.0 Å². The summed E-state index contributed by atoms with van der Waals surface area (Å²) in [5.41, 5.74) is 0. The number of hydrogen-bond donors (Lipinski definition) is 3. The molecule has 1 aliphatic carbocycles. The van der Waals surface area contributed by atoms with Crippen molar-refractivity contribution in [2.24, 2.45) is 17.8 Å². The molecule has 0 aromatic rings. The molecule has 0 aliphatic heterocycles. The van der Waals surface area contributed by atoms with Crippen molar-refractivity contribution in [1.82, 2.24) is 10.6 Å². The second-order valence-electron chi connectivity index (χ2n) is 7.40. The number of ether oxygens (including phenoxy) is 2. The minimum Gasteiger partial charge on any atom is -0.481 e. The van der Waals surface area contributed by atoms with Gasteiger partial charge < -0.3 is 25.2 Å². The Morgan fingerprint density at radius 2 is 1.79 bits per heavy atom. The Hall–Kier alpha value is -1.83. The van der Waals surface area contributed by atoms with Gasteiger partial charge in [-0.3, -0.25) is 9.59 Å². The number of hydrogen-bond acceptors (Lipinski definition) is 5. The Kier molecular flexibility index (Phi) is 10.9. The van der Waals surface area contributed by atoms with E-state index in [4.69, 9.17) is 9.47 Å². The first-order valence-electron chi connectivity index (χ1n) is 10.4. The van der Waals surface area contributed by atoms with E-state index in [0.29, 0.717) is 32.6 Å². The third-order valence-electron chi connectivity index (χ3n) is 5.44. The molecule has 8 heteroatoms. The van der Waals surface area contributed by atoms with Gasteiger partial charge in [0.15, 0.2) is 0 Å². The van der Waals surface area contributed by atoms with E-state index in [1.807, 2.05) is 20.8 Å². The van der Waals surface area contributed by atoms with Gasteiger partial charge in [-0.05, 0) is 25.2 Å². The second-order valence-corrected chi connectivity index (χ2v) is 7.40. The first-order valence-corrected chi connectivity index (χ1v) is 10.4. The number of amides is 2. The van der Waals surface area contributed by atoms with Gasteiger partial charge in [0, 0.05) is 32.0 Å². The molecule has 0 saturated heterocycles. The molecule has 8 nitrogen and oxygen atoms in total. The Balaban J connectivity index is 2.85. The van der Waals surface area contributed by atoms with E-state index in [2.05, 4.69) is 10.6 Å². The van der Waals surface area contributed by atoms with Gasteiger partial charge in [0.2, 0.25) is 5.91 Å². The van der Waals surface area contributed by atoms with Crippen LogP contribution >= 0.6 is 0 Å². The zero-order valence-electron chi connectivity index (χ0n) is 17.5. The van der Waals surface area contributed by atoms with Crippen molar-refractivity contribution in [3.63, 3.8) is 0 Å². The number of alkyl carbamates (subject to hydrolysis) is 1. The summed E-state index contributed by atoms with van der Waals surface area (Å²) in [7, 11) is 0. The Labute approximate surface area is 167 Å². The molecule has 0 radical (unpaired) electrons. The predicted molar refractivity (Wildman–Crippen MR) is 105 cm³/mol. The van der Waals surface area contributed by atoms with Crippen molar-refractivity contribution in [3.05, 3.63) is 0 Å². The monoisotopic (exact) mass is 400 g/mol. The predicted octanol–water partition coefficient (Wildman–Crippen LogP) is 2.56. The zero-order chi connectivity index (χ0) is 21.1. The molecule has 0 unspecified atom stereocenters. The SMILES string of the molecule is CCCOCCNC(=O)O[C@H]1[C@@H]([C@H](NC(C)=O)C(CC)CC)CC[C@@H]1C(=O)O. The number of carbonyl (C=O) groups excluding carboxylic acids is 2. The molecule has 0 aromatic heterocycles. The van der Waals surface area contributed by atoms with Crippen LogP contribution < -0.4 is 10.6 Å². The van der Waals surface area contributed by atoms with Crippen LogP contribution in [0.5, 0.6) is 0 Å². The maximum absolute atomic E-state index is 12.2. The maximum atomic E-state index is 12.2. The summed E-state index contributed by atoms with van der Waals surface area (Å²) in [4.78, 5) is 35.7. The van der Waals surface area contributed by atoms with E-state index >= 15 is 0 Å². The molecule has 0 heterocycles. The molecule has 1 rings (SSSR count). The number of carboxylic acid groups (broad SMARTS) is 1. The lowest BCUT2D eigenvalue weighted by atomic mass is 9.82.